The number of nitrogens with one attached hydrogen (secondary N) is 1. The van der Waals surface area contributed by atoms with Crippen LogP contribution in [0.3, 0.4) is 0 Å². The molecular formula is C26H27ClN2O2. The van der Waals surface area contributed by atoms with E-state index >= 15 is 0 Å². The third-order valence-corrected chi connectivity index (χ3v) is 5.40. The summed E-state index contributed by atoms with van der Waals surface area (Å²) in [5.41, 5.74) is 2.96. The highest BCUT2D eigenvalue weighted by Gasteiger charge is 2.29. The van der Waals surface area contributed by atoms with Crippen molar-refractivity contribution in [1.29, 1.82) is 0 Å². The molecule has 0 aromatic heterocycles. The lowest BCUT2D eigenvalue weighted by atomic mass is 10.0. The molecule has 1 N–H and O–H groups in total. The number of hydrogen-bond acceptors (Lipinski definition) is 2. The maximum atomic E-state index is 13.3. The predicted octanol–water partition coefficient (Wildman–Crippen LogP) is 5.01. The van der Waals surface area contributed by atoms with E-state index < -0.39 is 6.04 Å². The monoisotopic (exact) mass is 434 g/mol. The van der Waals surface area contributed by atoms with Gasteiger partial charge in [-0.05, 0) is 28.8 Å². The minimum absolute atomic E-state index is 0.0496. The van der Waals surface area contributed by atoms with Crippen LogP contribution in [-0.2, 0) is 29.1 Å². The van der Waals surface area contributed by atoms with Gasteiger partial charge in [0, 0.05) is 31.0 Å². The van der Waals surface area contributed by atoms with Gasteiger partial charge in [0.1, 0.15) is 6.04 Å². The Morgan fingerprint density at radius 1 is 0.839 bits per heavy atom. The third-order valence-electron chi connectivity index (χ3n) is 5.15. The summed E-state index contributed by atoms with van der Waals surface area (Å²) in [6.07, 6.45) is 0.786. The predicted molar refractivity (Wildman–Crippen MR) is 125 cm³/mol. The topological polar surface area (TPSA) is 49.4 Å². The minimum Gasteiger partial charge on any atom is -0.350 e. The van der Waals surface area contributed by atoms with Crippen LogP contribution >= 0.6 is 11.6 Å². The van der Waals surface area contributed by atoms with E-state index in [1.54, 1.807) is 17.0 Å². The highest BCUT2D eigenvalue weighted by molar-refractivity contribution is 6.30. The van der Waals surface area contributed by atoms with Gasteiger partial charge in [-0.1, -0.05) is 91.3 Å². The third kappa shape index (κ3) is 6.69. The zero-order chi connectivity index (χ0) is 22.1. The fourth-order valence-electron chi connectivity index (χ4n) is 3.45. The van der Waals surface area contributed by atoms with Crippen molar-refractivity contribution in [2.45, 2.75) is 38.9 Å². The van der Waals surface area contributed by atoms with Crippen LogP contribution in [0.15, 0.2) is 84.9 Å². The van der Waals surface area contributed by atoms with E-state index in [0.717, 1.165) is 16.7 Å². The molecule has 1 atom stereocenters. The van der Waals surface area contributed by atoms with Crippen molar-refractivity contribution >= 4 is 23.4 Å². The Kier molecular flexibility index (Phi) is 8.25. The molecule has 0 bridgehead atoms. The molecular weight excluding hydrogens is 408 g/mol. The summed E-state index contributed by atoms with van der Waals surface area (Å²) < 4.78 is 0. The molecule has 0 heterocycles. The van der Waals surface area contributed by atoms with Crippen LogP contribution < -0.4 is 5.32 Å². The second kappa shape index (κ2) is 11.3. The molecule has 0 aliphatic heterocycles. The average molecular weight is 435 g/mol. The van der Waals surface area contributed by atoms with Crippen molar-refractivity contribution in [3.8, 4) is 0 Å². The largest absolute Gasteiger partial charge is 0.350 e. The molecule has 160 valence electrons. The van der Waals surface area contributed by atoms with Crippen LogP contribution in [0.2, 0.25) is 5.02 Å². The smallest absolute Gasteiger partial charge is 0.243 e. The zero-order valence-electron chi connectivity index (χ0n) is 17.6. The maximum Gasteiger partial charge on any atom is 0.243 e. The zero-order valence-corrected chi connectivity index (χ0v) is 18.4. The number of amides is 2. The van der Waals surface area contributed by atoms with Crippen LogP contribution in [0.1, 0.15) is 30.0 Å². The van der Waals surface area contributed by atoms with Crippen molar-refractivity contribution in [3.05, 3.63) is 107 Å². The molecule has 5 heteroatoms. The van der Waals surface area contributed by atoms with E-state index in [-0.39, 0.29) is 11.8 Å². The number of hydrogen-bond donors (Lipinski definition) is 1. The number of carbonyl (C=O) groups excluding carboxylic acids is 2. The first-order valence-electron chi connectivity index (χ1n) is 10.5. The fraction of sp³-hybridized carbons (Fsp3) is 0.231. The van der Waals surface area contributed by atoms with Gasteiger partial charge in [-0.15, -0.1) is 0 Å². The van der Waals surface area contributed by atoms with Gasteiger partial charge in [-0.3, -0.25) is 9.59 Å². The maximum absolute atomic E-state index is 13.3. The molecule has 0 unspecified atom stereocenters. The van der Waals surface area contributed by atoms with E-state index in [1.807, 2.05) is 79.7 Å². The molecule has 3 aromatic rings. The lowest BCUT2D eigenvalue weighted by Crippen LogP contribution is -2.50. The van der Waals surface area contributed by atoms with E-state index in [1.165, 1.54) is 0 Å². The first-order chi connectivity index (χ1) is 15.1. The molecule has 4 nitrogen and oxygen atoms in total. The molecule has 31 heavy (non-hydrogen) atoms. The van der Waals surface area contributed by atoms with Crippen LogP contribution in [0.4, 0.5) is 0 Å². The molecule has 3 rings (SSSR count). The first-order valence-corrected chi connectivity index (χ1v) is 10.8. The van der Waals surface area contributed by atoms with Crippen molar-refractivity contribution in [1.82, 2.24) is 10.2 Å². The SMILES string of the molecule is CCC(=O)N(Cc1ccccc1)[C@H](Cc1ccccc1)C(=O)NCc1ccc(Cl)cc1. The van der Waals surface area contributed by atoms with Crippen LogP contribution in [-0.4, -0.2) is 22.8 Å². The highest BCUT2D eigenvalue weighted by Crippen LogP contribution is 2.16. The quantitative estimate of drug-likeness (QED) is 0.514. The highest BCUT2D eigenvalue weighted by atomic mass is 35.5. The van der Waals surface area contributed by atoms with E-state index in [0.29, 0.717) is 31.0 Å². The van der Waals surface area contributed by atoms with Gasteiger partial charge in [-0.2, -0.15) is 0 Å². The van der Waals surface area contributed by atoms with Gasteiger partial charge in [-0.25, -0.2) is 0 Å². The van der Waals surface area contributed by atoms with E-state index in [9.17, 15) is 9.59 Å². The summed E-state index contributed by atoms with van der Waals surface area (Å²) in [4.78, 5) is 27.9. The average Bonchev–Trinajstić information content (AvgIpc) is 2.81. The molecule has 2 amide bonds. The molecule has 3 aromatic carbocycles. The van der Waals surface area contributed by atoms with Gasteiger partial charge in [0.2, 0.25) is 11.8 Å². The van der Waals surface area contributed by atoms with Crippen molar-refractivity contribution in [2.75, 3.05) is 0 Å². The summed E-state index contributed by atoms with van der Waals surface area (Å²) >= 11 is 5.95. The summed E-state index contributed by atoms with van der Waals surface area (Å²) in [5.74, 6) is -0.219. The second-order valence-corrected chi connectivity index (χ2v) is 7.85. The van der Waals surface area contributed by atoms with Crippen LogP contribution in [0.5, 0.6) is 0 Å². The molecule has 0 fully saturated rings. The molecule has 0 radical (unpaired) electrons. The summed E-state index contributed by atoms with van der Waals surface area (Å²) in [7, 11) is 0. The van der Waals surface area contributed by atoms with Crippen molar-refractivity contribution in [2.24, 2.45) is 0 Å². The van der Waals surface area contributed by atoms with E-state index in [4.69, 9.17) is 11.6 Å². The number of nitrogens with zero attached hydrogens (tertiary/aromatic N) is 1. The summed E-state index contributed by atoms with van der Waals surface area (Å²) in [6.45, 7) is 2.59. The van der Waals surface area contributed by atoms with Gasteiger partial charge >= 0.3 is 0 Å². The molecule has 0 saturated carbocycles. The Bertz CT molecular complexity index is 975. The molecule has 0 saturated heterocycles. The lowest BCUT2D eigenvalue weighted by Gasteiger charge is -2.31. The molecule has 0 spiro atoms. The Labute approximate surface area is 188 Å². The van der Waals surface area contributed by atoms with Crippen LogP contribution in [0.25, 0.3) is 0 Å². The Hall–Kier alpha value is -3.11. The number of benzene rings is 3. The number of carbonyl (C=O) groups is 2. The van der Waals surface area contributed by atoms with Gasteiger partial charge < -0.3 is 10.2 Å². The molecule has 0 aliphatic carbocycles. The minimum atomic E-state index is -0.609. The Balaban J connectivity index is 1.83. The van der Waals surface area contributed by atoms with Gasteiger partial charge in [0.05, 0.1) is 0 Å². The van der Waals surface area contributed by atoms with Gasteiger partial charge in [0.25, 0.3) is 0 Å². The normalized spacial score (nSPS) is 11.5. The second-order valence-electron chi connectivity index (χ2n) is 7.41. The van der Waals surface area contributed by atoms with Crippen molar-refractivity contribution in [3.63, 3.8) is 0 Å². The fourth-order valence-corrected chi connectivity index (χ4v) is 3.57. The molecule has 0 aliphatic rings. The summed E-state index contributed by atoms with van der Waals surface area (Å²) in [5, 5.41) is 3.66. The number of rotatable bonds is 9. The number of halogens is 1. The van der Waals surface area contributed by atoms with Gasteiger partial charge in [0.15, 0.2) is 0 Å². The first kappa shape index (κ1) is 22.6. The van der Waals surface area contributed by atoms with E-state index in [2.05, 4.69) is 5.32 Å². The Morgan fingerprint density at radius 3 is 2.00 bits per heavy atom. The van der Waals surface area contributed by atoms with Crippen LogP contribution in [0, 0.1) is 0 Å². The summed E-state index contributed by atoms with van der Waals surface area (Å²) in [6, 6.07) is 26.3. The standard InChI is InChI=1S/C26H27ClN2O2/c1-2-25(30)29(19-22-11-7-4-8-12-22)24(17-20-9-5-3-6-10-20)26(31)28-18-21-13-15-23(27)16-14-21/h3-16,24H,2,17-19H2,1H3,(H,28,31)/t24-/m1/s1. The Morgan fingerprint density at radius 2 is 1.42 bits per heavy atom. The van der Waals surface area contributed by atoms with Crippen molar-refractivity contribution < 1.29 is 9.59 Å². The lowest BCUT2D eigenvalue weighted by molar-refractivity contribution is -0.141.